The van der Waals surface area contributed by atoms with E-state index in [2.05, 4.69) is 5.32 Å². The number of aryl methyl sites for hydroxylation is 1. The van der Waals surface area contributed by atoms with Crippen LogP contribution in [0.15, 0.2) is 36.4 Å². The van der Waals surface area contributed by atoms with Crippen molar-refractivity contribution in [1.82, 2.24) is 5.32 Å². The first-order valence-electron chi connectivity index (χ1n) is 6.45. The molecule has 0 radical (unpaired) electrons. The van der Waals surface area contributed by atoms with Crippen LogP contribution in [0.1, 0.15) is 29.7 Å². The SMILES string of the molecule is Cc1cccc(CNC(C)c2ccc(F)cc2F)c1O. The first kappa shape index (κ1) is 14.5. The van der Waals surface area contributed by atoms with Crippen LogP contribution in [0.3, 0.4) is 0 Å². The van der Waals surface area contributed by atoms with E-state index in [4.69, 9.17) is 0 Å². The molecule has 0 saturated heterocycles. The number of aromatic hydroxyl groups is 1. The highest BCUT2D eigenvalue weighted by Gasteiger charge is 2.12. The van der Waals surface area contributed by atoms with Gasteiger partial charge in [0, 0.05) is 29.8 Å². The topological polar surface area (TPSA) is 32.3 Å². The minimum atomic E-state index is -0.588. The predicted molar refractivity (Wildman–Crippen MR) is 74.5 cm³/mol. The van der Waals surface area contributed by atoms with Gasteiger partial charge in [-0.1, -0.05) is 24.3 Å². The van der Waals surface area contributed by atoms with Crippen molar-refractivity contribution in [3.63, 3.8) is 0 Å². The molecular formula is C16H17F2NO. The van der Waals surface area contributed by atoms with Gasteiger partial charge in [0.2, 0.25) is 0 Å². The van der Waals surface area contributed by atoms with Crippen LogP contribution in [-0.2, 0) is 6.54 Å². The van der Waals surface area contributed by atoms with Gasteiger partial charge in [-0.25, -0.2) is 8.78 Å². The maximum absolute atomic E-state index is 13.6. The Balaban J connectivity index is 2.08. The molecule has 2 aromatic carbocycles. The Bertz CT molecular complexity index is 613. The molecule has 1 atom stereocenters. The summed E-state index contributed by atoms with van der Waals surface area (Å²) in [5.41, 5.74) is 1.95. The molecule has 1 unspecified atom stereocenters. The van der Waals surface area contributed by atoms with Gasteiger partial charge in [0.25, 0.3) is 0 Å². The molecule has 0 aliphatic heterocycles. The number of rotatable bonds is 4. The molecule has 0 aliphatic carbocycles. The van der Waals surface area contributed by atoms with Crippen molar-refractivity contribution in [2.75, 3.05) is 0 Å². The molecule has 0 saturated carbocycles. The summed E-state index contributed by atoms with van der Waals surface area (Å²) in [5.74, 6) is -0.917. The lowest BCUT2D eigenvalue weighted by Crippen LogP contribution is -2.19. The van der Waals surface area contributed by atoms with Gasteiger partial charge in [0.15, 0.2) is 0 Å². The fraction of sp³-hybridized carbons (Fsp3) is 0.250. The first-order chi connectivity index (χ1) is 9.49. The fourth-order valence-electron chi connectivity index (χ4n) is 2.09. The molecule has 0 fully saturated rings. The van der Waals surface area contributed by atoms with Crippen LogP contribution in [0.25, 0.3) is 0 Å². The Morgan fingerprint density at radius 2 is 1.95 bits per heavy atom. The number of nitrogens with one attached hydrogen (secondary N) is 1. The molecule has 2 rings (SSSR count). The lowest BCUT2D eigenvalue weighted by atomic mass is 10.1. The van der Waals surface area contributed by atoms with E-state index in [1.165, 1.54) is 12.1 Å². The quantitative estimate of drug-likeness (QED) is 0.890. The Kier molecular flexibility index (Phi) is 4.35. The van der Waals surface area contributed by atoms with Crippen molar-refractivity contribution >= 4 is 0 Å². The highest BCUT2D eigenvalue weighted by atomic mass is 19.1. The fourth-order valence-corrected chi connectivity index (χ4v) is 2.09. The van der Waals surface area contributed by atoms with Crippen molar-refractivity contribution in [2.24, 2.45) is 0 Å². The average molecular weight is 277 g/mol. The zero-order valence-electron chi connectivity index (χ0n) is 11.5. The summed E-state index contributed by atoms with van der Waals surface area (Å²) < 4.78 is 26.5. The molecule has 2 nitrogen and oxygen atoms in total. The van der Waals surface area contributed by atoms with Gasteiger partial charge in [-0.15, -0.1) is 0 Å². The van der Waals surface area contributed by atoms with E-state index in [9.17, 15) is 13.9 Å². The third-order valence-electron chi connectivity index (χ3n) is 3.35. The second-order valence-electron chi connectivity index (χ2n) is 4.85. The molecule has 0 bridgehead atoms. The predicted octanol–water partition coefficient (Wildman–Crippen LogP) is 3.83. The minimum absolute atomic E-state index is 0.242. The van der Waals surface area contributed by atoms with E-state index in [0.29, 0.717) is 12.1 Å². The zero-order valence-corrected chi connectivity index (χ0v) is 11.5. The molecule has 0 heterocycles. The molecule has 0 aliphatic rings. The van der Waals surface area contributed by atoms with Crippen LogP contribution >= 0.6 is 0 Å². The third-order valence-corrected chi connectivity index (χ3v) is 3.35. The molecule has 0 amide bonds. The summed E-state index contributed by atoms with van der Waals surface area (Å²) in [6.07, 6.45) is 0. The number of phenols is 1. The van der Waals surface area contributed by atoms with Crippen molar-refractivity contribution in [1.29, 1.82) is 0 Å². The molecule has 2 N–H and O–H groups in total. The average Bonchev–Trinajstić information content (AvgIpc) is 2.40. The van der Waals surface area contributed by atoms with Crippen LogP contribution in [0, 0.1) is 18.6 Å². The van der Waals surface area contributed by atoms with E-state index in [1.54, 1.807) is 6.92 Å². The van der Waals surface area contributed by atoms with E-state index in [-0.39, 0.29) is 11.8 Å². The molecular weight excluding hydrogens is 260 g/mol. The van der Waals surface area contributed by atoms with Crippen LogP contribution in [-0.4, -0.2) is 5.11 Å². The number of phenolic OH excluding ortho intramolecular Hbond substituents is 1. The summed E-state index contributed by atoms with van der Waals surface area (Å²) in [6.45, 7) is 4.02. The van der Waals surface area contributed by atoms with Crippen molar-refractivity contribution in [3.8, 4) is 5.75 Å². The molecule has 2 aromatic rings. The summed E-state index contributed by atoms with van der Waals surface area (Å²) in [5, 5.41) is 13.0. The number of hydrogen-bond donors (Lipinski definition) is 2. The van der Waals surface area contributed by atoms with E-state index >= 15 is 0 Å². The van der Waals surface area contributed by atoms with Gasteiger partial charge in [0.05, 0.1) is 0 Å². The van der Waals surface area contributed by atoms with Gasteiger partial charge in [0.1, 0.15) is 17.4 Å². The summed E-state index contributed by atoms with van der Waals surface area (Å²) in [4.78, 5) is 0. The lowest BCUT2D eigenvalue weighted by molar-refractivity contribution is 0.454. The summed E-state index contributed by atoms with van der Waals surface area (Å²) >= 11 is 0. The number of benzene rings is 2. The van der Waals surface area contributed by atoms with Gasteiger partial charge < -0.3 is 10.4 Å². The monoisotopic (exact) mass is 277 g/mol. The van der Waals surface area contributed by atoms with Gasteiger partial charge in [-0.2, -0.15) is 0 Å². The van der Waals surface area contributed by atoms with E-state index in [0.717, 1.165) is 17.2 Å². The van der Waals surface area contributed by atoms with Gasteiger partial charge in [-0.05, 0) is 25.5 Å². The Morgan fingerprint density at radius 1 is 1.20 bits per heavy atom. The van der Waals surface area contributed by atoms with Crippen molar-refractivity contribution in [3.05, 3.63) is 64.7 Å². The van der Waals surface area contributed by atoms with E-state index < -0.39 is 11.6 Å². The normalized spacial score (nSPS) is 12.4. The van der Waals surface area contributed by atoms with E-state index in [1.807, 2.05) is 25.1 Å². The molecule has 0 spiro atoms. The van der Waals surface area contributed by atoms with Gasteiger partial charge in [-0.3, -0.25) is 0 Å². The van der Waals surface area contributed by atoms with Crippen LogP contribution in [0.5, 0.6) is 5.75 Å². The smallest absolute Gasteiger partial charge is 0.130 e. The second kappa shape index (κ2) is 6.01. The van der Waals surface area contributed by atoms with Crippen molar-refractivity contribution < 1.29 is 13.9 Å². The standard InChI is InChI=1S/C16H17F2NO/c1-10-4-3-5-12(16(10)20)9-19-11(2)14-7-6-13(17)8-15(14)18/h3-8,11,19-20H,9H2,1-2H3. The molecule has 106 valence electrons. The number of para-hydroxylation sites is 1. The third kappa shape index (κ3) is 3.14. The van der Waals surface area contributed by atoms with Crippen molar-refractivity contribution in [2.45, 2.75) is 26.4 Å². The Morgan fingerprint density at radius 3 is 2.65 bits per heavy atom. The van der Waals surface area contributed by atoms with Gasteiger partial charge >= 0.3 is 0 Å². The number of halogens is 2. The largest absolute Gasteiger partial charge is 0.507 e. The second-order valence-corrected chi connectivity index (χ2v) is 4.85. The lowest BCUT2D eigenvalue weighted by Gasteiger charge is -2.16. The molecule has 4 heteroatoms. The van der Waals surface area contributed by atoms with Crippen LogP contribution in [0.4, 0.5) is 8.78 Å². The Hall–Kier alpha value is -1.94. The highest BCUT2D eigenvalue weighted by molar-refractivity contribution is 5.39. The minimum Gasteiger partial charge on any atom is -0.507 e. The number of hydrogen-bond acceptors (Lipinski definition) is 2. The maximum Gasteiger partial charge on any atom is 0.130 e. The van der Waals surface area contributed by atoms with Crippen LogP contribution in [0.2, 0.25) is 0 Å². The zero-order chi connectivity index (χ0) is 14.7. The summed E-state index contributed by atoms with van der Waals surface area (Å²) in [6, 6.07) is 8.74. The summed E-state index contributed by atoms with van der Waals surface area (Å²) in [7, 11) is 0. The first-order valence-corrected chi connectivity index (χ1v) is 6.45. The molecule has 0 aromatic heterocycles. The van der Waals surface area contributed by atoms with Crippen LogP contribution < -0.4 is 5.32 Å². The Labute approximate surface area is 117 Å². The highest BCUT2D eigenvalue weighted by Crippen LogP contribution is 2.23. The molecule has 20 heavy (non-hydrogen) atoms. The maximum atomic E-state index is 13.6.